The molecule has 0 unspecified atom stereocenters. The van der Waals surface area contributed by atoms with E-state index in [0.29, 0.717) is 18.8 Å². The van der Waals surface area contributed by atoms with E-state index in [9.17, 15) is 18.0 Å². The molecule has 1 fully saturated rings. The summed E-state index contributed by atoms with van der Waals surface area (Å²) < 4.78 is 41.3. The lowest BCUT2D eigenvalue weighted by Crippen LogP contribution is -2.32. The number of carbonyl (C=O) groups is 1. The molecule has 3 heterocycles. The molecule has 3 aromatic rings. The molecule has 1 atom stereocenters. The van der Waals surface area contributed by atoms with Crippen molar-refractivity contribution in [2.75, 3.05) is 24.5 Å². The highest BCUT2D eigenvalue weighted by Crippen LogP contribution is 2.32. The predicted molar refractivity (Wildman–Crippen MR) is 111 cm³/mol. The first-order valence-corrected chi connectivity index (χ1v) is 10.0. The number of nitrogens with zero attached hydrogens (tertiary/aromatic N) is 3. The summed E-state index contributed by atoms with van der Waals surface area (Å²) in [6, 6.07) is 10.8. The second-order valence-corrected chi connectivity index (χ2v) is 7.77. The van der Waals surface area contributed by atoms with Crippen LogP contribution in [0.25, 0.3) is 10.9 Å². The number of likely N-dealkylation sites (tertiary alicyclic amines) is 1. The largest absolute Gasteiger partial charge is 0.337 e. The first kappa shape index (κ1) is 19.4. The fraction of sp³-hybridized carbons (Fsp3) is 0.217. The van der Waals surface area contributed by atoms with Crippen LogP contribution in [0.3, 0.4) is 0 Å². The van der Waals surface area contributed by atoms with Crippen LogP contribution < -0.4 is 4.90 Å². The fourth-order valence-corrected chi connectivity index (χ4v) is 4.23. The highest BCUT2D eigenvalue weighted by Gasteiger charge is 2.32. The van der Waals surface area contributed by atoms with E-state index >= 15 is 0 Å². The van der Waals surface area contributed by atoms with E-state index < -0.39 is 17.6 Å². The van der Waals surface area contributed by atoms with E-state index in [-0.39, 0.29) is 24.1 Å². The first-order valence-electron chi connectivity index (χ1n) is 10.0. The monoisotopic (exact) mass is 424 g/mol. The van der Waals surface area contributed by atoms with Gasteiger partial charge >= 0.3 is 0 Å². The molecule has 5 rings (SSSR count). The van der Waals surface area contributed by atoms with Crippen LogP contribution in [0.2, 0.25) is 0 Å². The van der Waals surface area contributed by atoms with Crippen LogP contribution in [0.15, 0.2) is 66.1 Å². The molecule has 5 nitrogen and oxygen atoms in total. The molecule has 1 N–H and O–H groups in total. The Hall–Kier alpha value is -3.55. The van der Waals surface area contributed by atoms with Crippen LogP contribution in [0.5, 0.6) is 0 Å². The average Bonchev–Trinajstić information content (AvgIpc) is 3.43. The van der Waals surface area contributed by atoms with Gasteiger partial charge in [0.05, 0.1) is 5.52 Å². The lowest BCUT2D eigenvalue weighted by Gasteiger charge is -2.29. The molecule has 0 bridgehead atoms. The summed E-state index contributed by atoms with van der Waals surface area (Å²) in [7, 11) is 0. The van der Waals surface area contributed by atoms with E-state index in [4.69, 9.17) is 0 Å². The Morgan fingerprint density at radius 1 is 1.06 bits per heavy atom. The third-order valence-electron chi connectivity index (χ3n) is 5.92. The number of nitrogens with one attached hydrogen (secondary N) is 1. The van der Waals surface area contributed by atoms with Gasteiger partial charge < -0.3 is 9.80 Å². The lowest BCUT2D eigenvalue weighted by molar-refractivity contribution is 0.0785. The number of rotatable bonds is 3. The van der Waals surface area contributed by atoms with Gasteiger partial charge in [-0.3, -0.25) is 9.89 Å². The summed E-state index contributed by atoms with van der Waals surface area (Å²) in [5, 5.41) is 7.85. The normalized spacial score (nSPS) is 19.0. The number of allylic oxidation sites excluding steroid dienone is 2. The van der Waals surface area contributed by atoms with Crippen LogP contribution in [-0.2, 0) is 0 Å². The molecule has 0 saturated carbocycles. The molecule has 2 aliphatic rings. The highest BCUT2D eigenvalue weighted by atomic mass is 19.2. The third kappa shape index (κ3) is 3.48. The molecule has 158 valence electrons. The van der Waals surface area contributed by atoms with Gasteiger partial charge in [0.15, 0.2) is 23.3 Å². The number of amides is 1. The average molecular weight is 424 g/mol. The van der Waals surface area contributed by atoms with Gasteiger partial charge in [0.25, 0.3) is 5.91 Å². The van der Waals surface area contributed by atoms with Gasteiger partial charge in [-0.1, -0.05) is 24.3 Å². The molecule has 1 aromatic heterocycles. The minimum Gasteiger partial charge on any atom is -0.337 e. The number of halogens is 3. The topological polar surface area (TPSA) is 52.2 Å². The molecule has 0 spiro atoms. The number of aromatic amines is 1. The summed E-state index contributed by atoms with van der Waals surface area (Å²) in [5.74, 6) is -2.63. The maximum Gasteiger partial charge on any atom is 0.275 e. The van der Waals surface area contributed by atoms with Gasteiger partial charge in [0, 0.05) is 42.7 Å². The van der Waals surface area contributed by atoms with Crippen molar-refractivity contribution in [1.82, 2.24) is 15.1 Å². The van der Waals surface area contributed by atoms with Gasteiger partial charge in [0.2, 0.25) is 0 Å². The van der Waals surface area contributed by atoms with E-state index in [1.165, 1.54) is 17.0 Å². The molecule has 0 aliphatic carbocycles. The molecule has 0 radical (unpaired) electrons. The van der Waals surface area contributed by atoms with Crippen molar-refractivity contribution in [3.63, 3.8) is 0 Å². The van der Waals surface area contributed by atoms with Gasteiger partial charge in [-0.05, 0) is 36.3 Å². The molecule has 2 aromatic carbocycles. The van der Waals surface area contributed by atoms with Crippen molar-refractivity contribution in [3.05, 3.63) is 83.5 Å². The van der Waals surface area contributed by atoms with Crippen molar-refractivity contribution in [2.45, 2.75) is 6.42 Å². The summed E-state index contributed by atoms with van der Waals surface area (Å²) in [5.41, 5.74) is 2.38. The standard InChI is InChI=1S/C23H19F3N4O/c24-18-7-6-16(11-19(18)25)30-13-14(5-8-21(30)26)15-9-10-29(12-15)23(31)22-17-3-1-2-4-20(17)27-28-22/h1-8,11,15H,9-10,12-13H2,(H,27,28)/t15-/m1/s1. The summed E-state index contributed by atoms with van der Waals surface area (Å²) >= 11 is 0. The number of hydrogen-bond donors (Lipinski definition) is 1. The van der Waals surface area contributed by atoms with Crippen LogP contribution in [0.4, 0.5) is 18.9 Å². The van der Waals surface area contributed by atoms with E-state index in [1.54, 1.807) is 11.0 Å². The Labute approximate surface area is 176 Å². The first-order chi connectivity index (χ1) is 15.0. The summed E-state index contributed by atoms with van der Waals surface area (Å²) in [4.78, 5) is 16.1. The molecule has 1 saturated heterocycles. The van der Waals surface area contributed by atoms with Crippen LogP contribution in [0.1, 0.15) is 16.9 Å². The summed E-state index contributed by atoms with van der Waals surface area (Å²) in [6.07, 6.45) is 3.78. The lowest BCUT2D eigenvalue weighted by atomic mass is 9.95. The SMILES string of the molecule is O=C(c1n[nH]c2ccccc12)N1CC[C@@H](C2=CC=C(F)N(c3ccc(F)c(F)c3)C2)C1. The number of para-hydroxylation sites is 1. The second kappa shape index (κ2) is 7.61. The number of benzene rings is 2. The van der Waals surface area contributed by atoms with Crippen LogP contribution >= 0.6 is 0 Å². The van der Waals surface area contributed by atoms with Crippen LogP contribution in [0, 0.1) is 17.6 Å². The molecule has 8 heteroatoms. The van der Waals surface area contributed by atoms with Gasteiger partial charge in [0.1, 0.15) is 0 Å². The molecular weight excluding hydrogens is 405 g/mol. The van der Waals surface area contributed by atoms with E-state index in [0.717, 1.165) is 35.0 Å². The number of aromatic nitrogens is 2. The number of anilines is 1. The minimum absolute atomic E-state index is 0.0475. The van der Waals surface area contributed by atoms with Gasteiger partial charge in [-0.15, -0.1) is 0 Å². The Morgan fingerprint density at radius 3 is 2.74 bits per heavy atom. The zero-order chi connectivity index (χ0) is 21.5. The quantitative estimate of drug-likeness (QED) is 0.627. The van der Waals surface area contributed by atoms with E-state index in [2.05, 4.69) is 10.2 Å². The van der Waals surface area contributed by atoms with Crippen LogP contribution in [-0.4, -0.2) is 40.6 Å². The number of carbonyl (C=O) groups excluding carboxylic acids is 1. The van der Waals surface area contributed by atoms with Gasteiger partial charge in [-0.25, -0.2) is 8.78 Å². The second-order valence-electron chi connectivity index (χ2n) is 7.77. The minimum atomic E-state index is -1.02. The number of H-pyrrole nitrogens is 1. The van der Waals surface area contributed by atoms with Gasteiger partial charge in [-0.2, -0.15) is 9.49 Å². The Balaban J connectivity index is 1.32. The van der Waals surface area contributed by atoms with Crippen molar-refractivity contribution in [3.8, 4) is 0 Å². The maximum absolute atomic E-state index is 14.4. The molecular formula is C23H19F3N4O. The number of fused-ring (bicyclic) bond motifs is 1. The number of hydrogen-bond acceptors (Lipinski definition) is 3. The Kier molecular flexibility index (Phi) is 4.77. The third-order valence-corrected chi connectivity index (χ3v) is 5.92. The zero-order valence-electron chi connectivity index (χ0n) is 16.5. The van der Waals surface area contributed by atoms with Crippen molar-refractivity contribution >= 4 is 22.5 Å². The molecule has 2 aliphatic heterocycles. The molecule has 31 heavy (non-hydrogen) atoms. The van der Waals surface area contributed by atoms with Crippen molar-refractivity contribution < 1.29 is 18.0 Å². The zero-order valence-corrected chi connectivity index (χ0v) is 16.5. The van der Waals surface area contributed by atoms with Crippen molar-refractivity contribution in [2.24, 2.45) is 5.92 Å². The predicted octanol–water partition coefficient (Wildman–Crippen LogP) is 4.56. The summed E-state index contributed by atoms with van der Waals surface area (Å²) in [6.45, 7) is 1.28. The Morgan fingerprint density at radius 2 is 1.90 bits per heavy atom. The Bertz CT molecular complexity index is 1230. The smallest absolute Gasteiger partial charge is 0.275 e. The van der Waals surface area contributed by atoms with E-state index in [1.807, 2.05) is 24.3 Å². The van der Waals surface area contributed by atoms with Crippen molar-refractivity contribution in [1.29, 1.82) is 0 Å². The maximum atomic E-state index is 14.4. The molecule has 1 amide bonds. The highest BCUT2D eigenvalue weighted by molar-refractivity contribution is 6.04. The fourth-order valence-electron chi connectivity index (χ4n) is 4.23.